The lowest BCUT2D eigenvalue weighted by molar-refractivity contribution is 0.0284. The first kappa shape index (κ1) is 20.2. The van der Waals surface area contributed by atoms with Crippen LogP contribution in [0.2, 0.25) is 0 Å². The molecule has 8 nitrogen and oxygen atoms in total. The standard InChI is InChI=1S/C23H30N6O2/c1-23(2,30)14-31-18-5-6-21(25-12-18)27-20-10-17(13-29-8-7-24-22(20)29)15-3-4-16-11-26-28-19(16)9-15/h5-8,10,12-13,15-16,19,26,28,30H,3-4,9,11,14H2,1-2H3,(H,25,27). The Morgan fingerprint density at radius 1 is 1.29 bits per heavy atom. The van der Waals surface area contributed by atoms with E-state index >= 15 is 0 Å². The largest absolute Gasteiger partial charge is 0.489 e. The van der Waals surface area contributed by atoms with Gasteiger partial charge in [0.15, 0.2) is 5.65 Å². The van der Waals surface area contributed by atoms with E-state index in [0.717, 1.165) is 36.0 Å². The van der Waals surface area contributed by atoms with E-state index in [-0.39, 0.29) is 6.61 Å². The van der Waals surface area contributed by atoms with Crippen LogP contribution in [0.5, 0.6) is 5.75 Å². The van der Waals surface area contributed by atoms with E-state index in [1.54, 1.807) is 20.0 Å². The lowest BCUT2D eigenvalue weighted by Crippen LogP contribution is -2.35. The van der Waals surface area contributed by atoms with Crippen LogP contribution in [0.25, 0.3) is 5.65 Å². The van der Waals surface area contributed by atoms with Crippen LogP contribution in [0.1, 0.15) is 44.6 Å². The molecule has 1 saturated heterocycles. The molecule has 0 aromatic carbocycles. The maximum atomic E-state index is 9.82. The van der Waals surface area contributed by atoms with Crippen molar-refractivity contribution < 1.29 is 9.84 Å². The number of hydrogen-bond acceptors (Lipinski definition) is 7. The van der Waals surface area contributed by atoms with Crippen LogP contribution in [0.3, 0.4) is 0 Å². The Bertz CT molecular complexity index is 1040. The highest BCUT2D eigenvalue weighted by Crippen LogP contribution is 2.38. The van der Waals surface area contributed by atoms with Crippen LogP contribution in [0.15, 0.2) is 43.0 Å². The first-order valence-corrected chi connectivity index (χ1v) is 11.0. The van der Waals surface area contributed by atoms with Gasteiger partial charge in [-0.15, -0.1) is 0 Å². The van der Waals surface area contributed by atoms with Gasteiger partial charge in [-0.3, -0.25) is 10.9 Å². The molecule has 3 aromatic heterocycles. The van der Waals surface area contributed by atoms with E-state index in [4.69, 9.17) is 4.74 Å². The van der Waals surface area contributed by atoms with Gasteiger partial charge in [0.1, 0.15) is 18.2 Å². The Morgan fingerprint density at radius 3 is 3.00 bits per heavy atom. The summed E-state index contributed by atoms with van der Waals surface area (Å²) < 4.78 is 7.69. The maximum Gasteiger partial charge on any atom is 0.160 e. The first-order valence-electron chi connectivity index (χ1n) is 11.0. The third kappa shape index (κ3) is 4.51. The number of imidazole rings is 1. The Kier molecular flexibility index (Phi) is 5.29. The fourth-order valence-electron chi connectivity index (χ4n) is 4.59. The number of anilines is 2. The second-order valence-electron chi connectivity index (χ2n) is 9.35. The van der Waals surface area contributed by atoms with E-state index in [9.17, 15) is 5.11 Å². The summed E-state index contributed by atoms with van der Waals surface area (Å²) in [5, 5.41) is 13.2. The van der Waals surface area contributed by atoms with E-state index in [0.29, 0.717) is 17.7 Å². The van der Waals surface area contributed by atoms with Crippen LogP contribution < -0.4 is 20.9 Å². The number of nitrogens with one attached hydrogen (secondary N) is 3. The average Bonchev–Trinajstić information content (AvgIpc) is 3.41. The predicted octanol–water partition coefficient (Wildman–Crippen LogP) is 2.98. The minimum absolute atomic E-state index is 0.214. The Labute approximate surface area is 182 Å². The molecule has 1 aliphatic carbocycles. The summed E-state index contributed by atoms with van der Waals surface area (Å²) in [5.74, 6) is 2.61. The molecule has 5 rings (SSSR count). The van der Waals surface area contributed by atoms with Gasteiger partial charge in [0, 0.05) is 31.2 Å². The predicted molar refractivity (Wildman–Crippen MR) is 120 cm³/mol. The van der Waals surface area contributed by atoms with Gasteiger partial charge in [0.2, 0.25) is 0 Å². The normalized spacial score (nSPS) is 23.6. The molecule has 3 aromatic rings. The smallest absolute Gasteiger partial charge is 0.160 e. The summed E-state index contributed by atoms with van der Waals surface area (Å²) in [4.78, 5) is 9.00. The molecule has 164 valence electrons. The fraction of sp³-hybridized carbons (Fsp3) is 0.478. The lowest BCUT2D eigenvalue weighted by atomic mass is 9.77. The summed E-state index contributed by atoms with van der Waals surface area (Å²) in [5.41, 5.74) is 9.03. The zero-order valence-corrected chi connectivity index (χ0v) is 18.0. The summed E-state index contributed by atoms with van der Waals surface area (Å²) >= 11 is 0. The topological polar surface area (TPSA) is 95.7 Å². The van der Waals surface area contributed by atoms with E-state index in [1.807, 2.05) is 24.5 Å². The van der Waals surface area contributed by atoms with Crippen LogP contribution in [0, 0.1) is 5.92 Å². The van der Waals surface area contributed by atoms with Crippen molar-refractivity contribution in [2.45, 2.75) is 50.7 Å². The van der Waals surface area contributed by atoms with Crippen molar-refractivity contribution in [2.75, 3.05) is 18.5 Å². The fourth-order valence-corrected chi connectivity index (χ4v) is 4.59. The second-order valence-corrected chi connectivity index (χ2v) is 9.35. The van der Waals surface area contributed by atoms with Crippen molar-refractivity contribution >= 4 is 17.2 Å². The third-order valence-corrected chi connectivity index (χ3v) is 6.22. The number of ether oxygens (including phenoxy) is 1. The van der Waals surface area contributed by atoms with Crippen molar-refractivity contribution in [1.29, 1.82) is 0 Å². The number of aliphatic hydroxyl groups is 1. The van der Waals surface area contributed by atoms with Gasteiger partial charge in [-0.05, 0) is 68.7 Å². The van der Waals surface area contributed by atoms with Crippen LogP contribution in [0.4, 0.5) is 11.5 Å². The molecule has 0 radical (unpaired) electrons. The highest BCUT2D eigenvalue weighted by Gasteiger charge is 2.34. The first-order chi connectivity index (χ1) is 14.9. The van der Waals surface area contributed by atoms with Crippen LogP contribution >= 0.6 is 0 Å². The number of rotatable bonds is 6. The van der Waals surface area contributed by atoms with Gasteiger partial charge in [-0.25, -0.2) is 9.97 Å². The molecule has 0 bridgehead atoms. The Balaban J connectivity index is 1.35. The minimum atomic E-state index is -0.882. The van der Waals surface area contributed by atoms with Gasteiger partial charge in [-0.2, -0.15) is 0 Å². The van der Waals surface area contributed by atoms with Crippen molar-refractivity contribution in [3.63, 3.8) is 0 Å². The zero-order valence-electron chi connectivity index (χ0n) is 18.0. The molecule has 4 heterocycles. The summed E-state index contributed by atoms with van der Waals surface area (Å²) in [6.07, 6.45) is 11.3. The van der Waals surface area contributed by atoms with Crippen molar-refractivity contribution in [1.82, 2.24) is 25.2 Å². The van der Waals surface area contributed by atoms with E-state index in [1.165, 1.54) is 18.4 Å². The van der Waals surface area contributed by atoms with E-state index in [2.05, 4.69) is 42.8 Å². The monoisotopic (exact) mass is 422 g/mol. The summed E-state index contributed by atoms with van der Waals surface area (Å²) in [6.45, 7) is 4.72. The summed E-state index contributed by atoms with van der Waals surface area (Å²) in [7, 11) is 0. The molecule has 8 heteroatoms. The number of fused-ring (bicyclic) bond motifs is 2. The molecule has 4 N–H and O–H groups in total. The number of hydrogen-bond donors (Lipinski definition) is 4. The molecule has 31 heavy (non-hydrogen) atoms. The highest BCUT2D eigenvalue weighted by atomic mass is 16.5. The molecule has 1 aliphatic heterocycles. The van der Waals surface area contributed by atoms with Crippen molar-refractivity contribution in [3.8, 4) is 5.75 Å². The van der Waals surface area contributed by atoms with Crippen LogP contribution in [-0.4, -0.2) is 44.3 Å². The molecule has 1 saturated carbocycles. The molecular weight excluding hydrogens is 392 g/mol. The molecule has 0 spiro atoms. The lowest BCUT2D eigenvalue weighted by Gasteiger charge is -2.31. The highest BCUT2D eigenvalue weighted by molar-refractivity contribution is 5.73. The molecule has 3 unspecified atom stereocenters. The molecule has 2 fully saturated rings. The van der Waals surface area contributed by atoms with Crippen LogP contribution in [-0.2, 0) is 0 Å². The SMILES string of the molecule is CC(C)(O)COc1ccc(Nc2cc(C3CCC4CNNC4C3)cn3ccnc23)nc1. The summed E-state index contributed by atoms with van der Waals surface area (Å²) in [6, 6.07) is 6.50. The third-order valence-electron chi connectivity index (χ3n) is 6.22. The van der Waals surface area contributed by atoms with Gasteiger partial charge in [0.25, 0.3) is 0 Å². The van der Waals surface area contributed by atoms with E-state index < -0.39 is 5.60 Å². The van der Waals surface area contributed by atoms with Gasteiger partial charge < -0.3 is 19.6 Å². The minimum Gasteiger partial charge on any atom is -0.489 e. The number of nitrogens with zero attached hydrogens (tertiary/aromatic N) is 3. The quantitative estimate of drug-likeness (QED) is 0.485. The number of pyridine rings is 2. The molecule has 0 amide bonds. The van der Waals surface area contributed by atoms with Gasteiger partial charge >= 0.3 is 0 Å². The molecule has 3 atom stereocenters. The number of aromatic nitrogens is 3. The average molecular weight is 423 g/mol. The molecule has 2 aliphatic rings. The number of hydrazine groups is 1. The Morgan fingerprint density at radius 2 is 2.19 bits per heavy atom. The van der Waals surface area contributed by atoms with Crippen molar-refractivity contribution in [3.05, 3.63) is 48.5 Å². The molecular formula is C23H30N6O2. The second kappa shape index (κ2) is 8.11. The Hall–Kier alpha value is -2.68. The maximum absolute atomic E-state index is 9.82. The van der Waals surface area contributed by atoms with Gasteiger partial charge in [0.05, 0.1) is 17.5 Å². The van der Waals surface area contributed by atoms with Crippen molar-refractivity contribution in [2.24, 2.45) is 5.92 Å². The van der Waals surface area contributed by atoms with Gasteiger partial charge in [-0.1, -0.05) is 0 Å². The zero-order chi connectivity index (χ0) is 21.4.